The number of carbonyl (C=O) groups is 2. The molecule has 0 amide bonds. The van der Waals surface area contributed by atoms with Gasteiger partial charge in [0, 0.05) is 31.2 Å². The van der Waals surface area contributed by atoms with Gasteiger partial charge < -0.3 is 9.47 Å². The number of piperidine rings is 2. The molecule has 140 valence electrons. The molecule has 1 spiro atoms. The van der Waals surface area contributed by atoms with Crippen molar-refractivity contribution >= 4 is 11.9 Å². The maximum Gasteiger partial charge on any atom is 0.302 e. The van der Waals surface area contributed by atoms with E-state index in [-0.39, 0.29) is 29.7 Å². The molecule has 4 rings (SSSR count). The Morgan fingerprint density at radius 3 is 2.28 bits per heavy atom. The van der Waals surface area contributed by atoms with Crippen LogP contribution >= 0.6 is 0 Å². The van der Waals surface area contributed by atoms with Gasteiger partial charge in [0.25, 0.3) is 0 Å². The van der Waals surface area contributed by atoms with E-state index in [0.29, 0.717) is 23.7 Å². The quantitative estimate of drug-likeness (QED) is 0.718. The van der Waals surface area contributed by atoms with Crippen molar-refractivity contribution in [3.63, 3.8) is 0 Å². The first-order valence-electron chi connectivity index (χ1n) is 10.0. The second-order valence-electron chi connectivity index (χ2n) is 8.78. The predicted octanol–water partition coefficient (Wildman–Crippen LogP) is 2.77. The second-order valence-corrected chi connectivity index (χ2v) is 8.78. The van der Waals surface area contributed by atoms with Gasteiger partial charge in [-0.05, 0) is 63.5 Å². The van der Waals surface area contributed by atoms with Gasteiger partial charge in [-0.1, -0.05) is 6.92 Å². The molecule has 0 aromatic carbocycles. The fraction of sp³-hybridized carbons (Fsp3) is 0.900. The third kappa shape index (κ3) is 2.61. The number of esters is 2. The van der Waals surface area contributed by atoms with Gasteiger partial charge in [0.2, 0.25) is 0 Å². The highest BCUT2D eigenvalue weighted by molar-refractivity contribution is 5.66. The third-order valence-corrected chi connectivity index (χ3v) is 7.48. The van der Waals surface area contributed by atoms with Crippen LogP contribution in [0, 0.1) is 23.7 Å². The Hall–Kier alpha value is -1.10. The molecule has 7 unspecified atom stereocenters. The molecule has 0 aromatic rings. The van der Waals surface area contributed by atoms with Gasteiger partial charge in [-0.15, -0.1) is 0 Å². The molecule has 4 fully saturated rings. The fourth-order valence-corrected chi connectivity index (χ4v) is 7.05. The lowest BCUT2D eigenvalue weighted by molar-refractivity contribution is -0.235. The summed E-state index contributed by atoms with van der Waals surface area (Å²) in [6.07, 6.45) is 6.66. The van der Waals surface area contributed by atoms with Crippen LogP contribution in [0.4, 0.5) is 0 Å². The van der Waals surface area contributed by atoms with Crippen LogP contribution in [0.1, 0.15) is 59.3 Å². The van der Waals surface area contributed by atoms with Crippen molar-refractivity contribution < 1.29 is 19.1 Å². The summed E-state index contributed by atoms with van der Waals surface area (Å²) in [4.78, 5) is 26.2. The monoisotopic (exact) mass is 349 g/mol. The Bertz CT molecular complexity index is 562. The summed E-state index contributed by atoms with van der Waals surface area (Å²) in [7, 11) is 0. The summed E-state index contributed by atoms with van der Waals surface area (Å²) in [5.41, 5.74) is 0.148. The Kier molecular flexibility index (Phi) is 4.33. The standard InChI is InChI=1S/C20H31NO4/c1-12-11-20-16-6-4-8-21(20)9-5-7-17(20)18(24-13(2)22)10-15(16)19(12)25-14(3)23/h12,15-19H,4-11H2,1-3H3. The fourth-order valence-electron chi connectivity index (χ4n) is 7.05. The topological polar surface area (TPSA) is 55.8 Å². The zero-order valence-corrected chi connectivity index (χ0v) is 15.7. The molecular formula is C20H31NO4. The average molecular weight is 349 g/mol. The Labute approximate surface area is 150 Å². The molecular weight excluding hydrogens is 318 g/mol. The van der Waals surface area contributed by atoms with Crippen molar-refractivity contribution in [1.29, 1.82) is 0 Å². The number of nitrogens with zero attached hydrogens (tertiary/aromatic N) is 1. The molecule has 2 aliphatic carbocycles. The second kappa shape index (κ2) is 6.26. The summed E-state index contributed by atoms with van der Waals surface area (Å²) in [5, 5.41) is 0. The van der Waals surface area contributed by atoms with E-state index in [9.17, 15) is 9.59 Å². The molecule has 2 saturated carbocycles. The van der Waals surface area contributed by atoms with Crippen LogP contribution in [-0.2, 0) is 19.1 Å². The molecule has 4 aliphatic rings. The van der Waals surface area contributed by atoms with Crippen LogP contribution in [0.3, 0.4) is 0 Å². The number of hydrogen-bond acceptors (Lipinski definition) is 5. The van der Waals surface area contributed by atoms with Crippen molar-refractivity contribution in [3.8, 4) is 0 Å². The van der Waals surface area contributed by atoms with E-state index < -0.39 is 0 Å². The van der Waals surface area contributed by atoms with Crippen molar-refractivity contribution in [2.45, 2.75) is 77.0 Å². The maximum absolute atomic E-state index is 11.8. The van der Waals surface area contributed by atoms with Gasteiger partial charge >= 0.3 is 11.9 Å². The lowest BCUT2D eigenvalue weighted by Gasteiger charge is -2.68. The summed E-state index contributed by atoms with van der Waals surface area (Å²) >= 11 is 0. The zero-order valence-electron chi connectivity index (χ0n) is 15.7. The first-order valence-corrected chi connectivity index (χ1v) is 10.0. The number of carbonyl (C=O) groups excluding carboxylic acids is 2. The van der Waals surface area contributed by atoms with Gasteiger partial charge in [0.15, 0.2) is 0 Å². The SMILES string of the molecule is CC(=O)OC1CC2C(OC(C)=O)C(C)CC34C1CCCN3CCCC24. The molecule has 2 bridgehead atoms. The first-order chi connectivity index (χ1) is 11.9. The minimum atomic E-state index is -0.185. The van der Waals surface area contributed by atoms with E-state index >= 15 is 0 Å². The molecule has 5 heteroatoms. The molecule has 5 nitrogen and oxygen atoms in total. The molecule has 0 N–H and O–H groups in total. The van der Waals surface area contributed by atoms with Crippen LogP contribution < -0.4 is 0 Å². The average Bonchev–Trinajstić information content (AvgIpc) is 2.53. The Morgan fingerprint density at radius 2 is 1.64 bits per heavy atom. The van der Waals surface area contributed by atoms with Crippen molar-refractivity contribution in [1.82, 2.24) is 4.90 Å². The van der Waals surface area contributed by atoms with E-state index in [0.717, 1.165) is 32.4 Å². The molecule has 0 aromatic heterocycles. The maximum atomic E-state index is 11.8. The normalized spacial score (nSPS) is 46.0. The molecule has 25 heavy (non-hydrogen) atoms. The van der Waals surface area contributed by atoms with E-state index in [1.54, 1.807) is 0 Å². The highest BCUT2D eigenvalue weighted by atomic mass is 16.5. The predicted molar refractivity (Wildman–Crippen MR) is 92.7 cm³/mol. The number of rotatable bonds is 2. The minimum Gasteiger partial charge on any atom is -0.462 e. The Balaban J connectivity index is 1.74. The largest absolute Gasteiger partial charge is 0.462 e. The van der Waals surface area contributed by atoms with E-state index in [2.05, 4.69) is 11.8 Å². The van der Waals surface area contributed by atoms with Crippen LogP contribution in [-0.4, -0.2) is 47.7 Å². The summed E-state index contributed by atoms with van der Waals surface area (Å²) in [5.74, 6) is 1.32. The summed E-state index contributed by atoms with van der Waals surface area (Å²) in [6, 6.07) is 0. The van der Waals surface area contributed by atoms with Crippen LogP contribution in [0.2, 0.25) is 0 Å². The van der Waals surface area contributed by atoms with Crippen LogP contribution in [0.5, 0.6) is 0 Å². The number of ether oxygens (including phenoxy) is 2. The smallest absolute Gasteiger partial charge is 0.302 e. The summed E-state index contributed by atoms with van der Waals surface area (Å²) < 4.78 is 11.7. The lowest BCUT2D eigenvalue weighted by atomic mass is 9.47. The molecule has 7 atom stereocenters. The van der Waals surface area contributed by atoms with Crippen molar-refractivity contribution in [2.75, 3.05) is 13.1 Å². The lowest BCUT2D eigenvalue weighted by Crippen LogP contribution is -2.74. The van der Waals surface area contributed by atoms with Crippen LogP contribution in [0.15, 0.2) is 0 Å². The van der Waals surface area contributed by atoms with Gasteiger partial charge in [-0.2, -0.15) is 0 Å². The van der Waals surface area contributed by atoms with Crippen LogP contribution in [0.25, 0.3) is 0 Å². The van der Waals surface area contributed by atoms with Gasteiger partial charge in [0.05, 0.1) is 0 Å². The third-order valence-electron chi connectivity index (χ3n) is 7.48. The van der Waals surface area contributed by atoms with E-state index in [1.165, 1.54) is 33.1 Å². The van der Waals surface area contributed by atoms with Gasteiger partial charge in [-0.3, -0.25) is 14.5 Å². The highest BCUT2D eigenvalue weighted by Gasteiger charge is 2.65. The molecule has 2 heterocycles. The molecule has 2 aliphatic heterocycles. The van der Waals surface area contributed by atoms with Gasteiger partial charge in [-0.25, -0.2) is 0 Å². The summed E-state index contributed by atoms with van der Waals surface area (Å²) in [6.45, 7) is 7.61. The Morgan fingerprint density at radius 1 is 1.00 bits per heavy atom. The van der Waals surface area contributed by atoms with E-state index in [1.807, 2.05) is 0 Å². The van der Waals surface area contributed by atoms with E-state index in [4.69, 9.17) is 9.47 Å². The molecule has 0 radical (unpaired) electrons. The van der Waals surface area contributed by atoms with Gasteiger partial charge in [0.1, 0.15) is 12.2 Å². The van der Waals surface area contributed by atoms with Crippen molar-refractivity contribution in [3.05, 3.63) is 0 Å². The first kappa shape index (κ1) is 17.3. The van der Waals surface area contributed by atoms with Crippen molar-refractivity contribution in [2.24, 2.45) is 23.7 Å². The zero-order chi connectivity index (χ0) is 17.8. The highest BCUT2D eigenvalue weighted by Crippen LogP contribution is 2.61. The number of hydrogen-bond donors (Lipinski definition) is 0. The molecule has 2 saturated heterocycles. The minimum absolute atomic E-state index is 0.0230.